The van der Waals surface area contributed by atoms with Crippen LogP contribution in [0.2, 0.25) is 0 Å². The predicted molar refractivity (Wildman–Crippen MR) is 71.6 cm³/mol. The maximum absolute atomic E-state index is 11.1. The number of rotatable bonds is 4. The van der Waals surface area contributed by atoms with Gasteiger partial charge in [-0.3, -0.25) is 4.79 Å². The van der Waals surface area contributed by atoms with E-state index in [0.29, 0.717) is 17.2 Å². The fourth-order valence-electron chi connectivity index (χ4n) is 2.42. The Kier molecular flexibility index (Phi) is 3.72. The van der Waals surface area contributed by atoms with E-state index in [4.69, 9.17) is 16.2 Å². The predicted octanol–water partition coefficient (Wildman–Crippen LogP) is 0.840. The van der Waals surface area contributed by atoms with E-state index in [1.807, 2.05) is 6.07 Å². The van der Waals surface area contributed by atoms with E-state index in [1.54, 1.807) is 19.2 Å². The van der Waals surface area contributed by atoms with Crippen molar-refractivity contribution in [2.24, 2.45) is 11.7 Å². The molecule has 4 N–H and O–H groups in total. The van der Waals surface area contributed by atoms with E-state index in [1.165, 1.54) is 0 Å². The van der Waals surface area contributed by atoms with Gasteiger partial charge in [-0.25, -0.2) is 0 Å². The Hall–Kier alpha value is -1.75. The average Bonchev–Trinajstić information content (AvgIpc) is 2.77. The molecule has 0 bridgehead atoms. The number of anilines is 2. The molecule has 5 nitrogen and oxygen atoms in total. The smallest absolute Gasteiger partial charge is 0.248 e. The zero-order valence-corrected chi connectivity index (χ0v) is 10.6. The second-order valence-electron chi connectivity index (χ2n) is 4.69. The van der Waals surface area contributed by atoms with Crippen LogP contribution in [0.25, 0.3) is 0 Å². The fourth-order valence-corrected chi connectivity index (χ4v) is 2.42. The highest BCUT2D eigenvalue weighted by atomic mass is 16.5. The van der Waals surface area contributed by atoms with Crippen LogP contribution in [0.1, 0.15) is 16.8 Å². The Morgan fingerprint density at radius 1 is 1.56 bits per heavy atom. The number of benzene rings is 1. The van der Waals surface area contributed by atoms with Crippen molar-refractivity contribution in [1.82, 2.24) is 0 Å². The fraction of sp³-hybridized carbons (Fsp3) is 0.462. The van der Waals surface area contributed by atoms with Crippen LogP contribution in [0, 0.1) is 5.92 Å². The third kappa shape index (κ3) is 2.56. The van der Waals surface area contributed by atoms with E-state index in [0.717, 1.165) is 31.8 Å². The van der Waals surface area contributed by atoms with Crippen LogP contribution < -0.4 is 16.4 Å². The first-order chi connectivity index (χ1) is 8.61. The molecule has 18 heavy (non-hydrogen) atoms. The van der Waals surface area contributed by atoms with Crippen LogP contribution in [0.15, 0.2) is 18.2 Å². The summed E-state index contributed by atoms with van der Waals surface area (Å²) in [6, 6.07) is 5.23. The summed E-state index contributed by atoms with van der Waals surface area (Å²) in [6.45, 7) is 2.68. The van der Waals surface area contributed by atoms with Crippen molar-refractivity contribution in [1.29, 1.82) is 0 Å². The van der Waals surface area contributed by atoms with Crippen molar-refractivity contribution in [2.45, 2.75) is 6.42 Å². The normalized spacial score (nSPS) is 19.2. The quantitative estimate of drug-likeness (QED) is 0.775. The minimum atomic E-state index is -0.452. The summed E-state index contributed by atoms with van der Waals surface area (Å²) >= 11 is 0. The number of nitrogens with zero attached hydrogens (tertiary/aromatic N) is 1. The Labute approximate surface area is 107 Å². The zero-order valence-electron chi connectivity index (χ0n) is 10.6. The Morgan fingerprint density at radius 3 is 2.94 bits per heavy atom. The van der Waals surface area contributed by atoms with Crippen molar-refractivity contribution in [2.75, 3.05) is 37.4 Å². The van der Waals surface area contributed by atoms with Crippen LogP contribution in [0.4, 0.5) is 11.4 Å². The monoisotopic (exact) mass is 249 g/mol. The molecule has 1 heterocycles. The van der Waals surface area contributed by atoms with E-state index in [9.17, 15) is 4.79 Å². The van der Waals surface area contributed by atoms with Gasteiger partial charge in [-0.2, -0.15) is 0 Å². The number of primary amides is 1. The van der Waals surface area contributed by atoms with Crippen molar-refractivity contribution < 1.29 is 9.53 Å². The largest absolute Gasteiger partial charge is 0.397 e. The molecule has 0 saturated carbocycles. The average molecular weight is 249 g/mol. The van der Waals surface area contributed by atoms with Gasteiger partial charge in [0.1, 0.15) is 0 Å². The van der Waals surface area contributed by atoms with Crippen LogP contribution in [-0.2, 0) is 4.74 Å². The first-order valence-corrected chi connectivity index (χ1v) is 6.05. The molecule has 1 aromatic rings. The van der Waals surface area contributed by atoms with Gasteiger partial charge in [-0.05, 0) is 24.6 Å². The van der Waals surface area contributed by atoms with Crippen LogP contribution in [-0.4, -0.2) is 32.7 Å². The number of carbonyl (C=O) groups excluding carboxylic acids is 1. The van der Waals surface area contributed by atoms with Gasteiger partial charge in [-0.1, -0.05) is 0 Å². The van der Waals surface area contributed by atoms with Gasteiger partial charge >= 0.3 is 0 Å². The van der Waals surface area contributed by atoms with Crippen LogP contribution >= 0.6 is 0 Å². The van der Waals surface area contributed by atoms with Gasteiger partial charge in [0.05, 0.1) is 18.0 Å². The van der Waals surface area contributed by atoms with Crippen LogP contribution in [0.3, 0.4) is 0 Å². The van der Waals surface area contributed by atoms with E-state index in [2.05, 4.69) is 4.90 Å². The van der Waals surface area contributed by atoms with Gasteiger partial charge in [0.15, 0.2) is 0 Å². The number of methoxy groups -OCH3 is 1. The second-order valence-corrected chi connectivity index (χ2v) is 4.69. The Morgan fingerprint density at radius 2 is 2.33 bits per heavy atom. The molecule has 1 aliphatic rings. The third-order valence-electron chi connectivity index (χ3n) is 3.34. The Balaban J connectivity index is 2.12. The summed E-state index contributed by atoms with van der Waals surface area (Å²) in [5, 5.41) is 0. The summed E-state index contributed by atoms with van der Waals surface area (Å²) in [7, 11) is 1.72. The molecule has 0 aromatic heterocycles. The molecule has 1 fully saturated rings. The molecule has 1 amide bonds. The van der Waals surface area contributed by atoms with E-state index in [-0.39, 0.29) is 0 Å². The number of hydrogen-bond donors (Lipinski definition) is 2. The minimum absolute atomic E-state index is 0.448. The lowest BCUT2D eigenvalue weighted by molar-refractivity contribution is 0.100. The van der Waals surface area contributed by atoms with Gasteiger partial charge in [-0.15, -0.1) is 0 Å². The molecule has 1 aliphatic heterocycles. The number of ether oxygens (including phenoxy) is 1. The zero-order chi connectivity index (χ0) is 13.1. The number of amides is 1. The first-order valence-electron chi connectivity index (χ1n) is 6.05. The second kappa shape index (κ2) is 5.27. The van der Waals surface area contributed by atoms with Crippen molar-refractivity contribution >= 4 is 17.3 Å². The topological polar surface area (TPSA) is 81.6 Å². The molecular weight excluding hydrogens is 230 g/mol. The first kappa shape index (κ1) is 12.7. The Bertz CT molecular complexity index is 448. The lowest BCUT2D eigenvalue weighted by Crippen LogP contribution is -2.22. The number of carbonyl (C=O) groups is 1. The van der Waals surface area contributed by atoms with Crippen molar-refractivity contribution in [3.05, 3.63) is 23.8 Å². The maximum atomic E-state index is 11.1. The summed E-state index contributed by atoms with van der Waals surface area (Å²) in [5.41, 5.74) is 13.2. The molecule has 1 unspecified atom stereocenters. The summed E-state index contributed by atoms with van der Waals surface area (Å²) in [5.74, 6) is 0.0946. The van der Waals surface area contributed by atoms with Crippen molar-refractivity contribution in [3.8, 4) is 0 Å². The molecule has 1 atom stereocenters. The van der Waals surface area contributed by atoms with Gasteiger partial charge in [0, 0.05) is 31.7 Å². The summed E-state index contributed by atoms with van der Waals surface area (Å²) < 4.78 is 5.17. The molecule has 98 valence electrons. The molecule has 0 radical (unpaired) electrons. The van der Waals surface area contributed by atoms with Gasteiger partial charge in [0.25, 0.3) is 0 Å². The molecular formula is C13H19N3O2. The number of nitrogen functional groups attached to an aromatic ring is 1. The highest BCUT2D eigenvalue weighted by Crippen LogP contribution is 2.29. The summed E-state index contributed by atoms with van der Waals surface area (Å²) in [6.07, 6.45) is 1.10. The third-order valence-corrected chi connectivity index (χ3v) is 3.34. The highest BCUT2D eigenvalue weighted by Gasteiger charge is 2.23. The number of nitrogens with two attached hydrogens (primary N) is 2. The van der Waals surface area contributed by atoms with E-state index >= 15 is 0 Å². The van der Waals surface area contributed by atoms with Crippen LogP contribution in [0.5, 0.6) is 0 Å². The highest BCUT2D eigenvalue weighted by molar-refractivity contribution is 5.94. The SMILES string of the molecule is COCC1CCN(c2ccc(C(N)=O)cc2N)C1. The molecule has 0 aliphatic carbocycles. The number of hydrogen-bond acceptors (Lipinski definition) is 4. The minimum Gasteiger partial charge on any atom is -0.397 e. The van der Waals surface area contributed by atoms with Gasteiger partial charge < -0.3 is 21.1 Å². The summed E-state index contributed by atoms with van der Waals surface area (Å²) in [4.78, 5) is 13.3. The molecule has 1 saturated heterocycles. The standard InChI is InChI=1S/C13H19N3O2/c1-18-8-9-4-5-16(7-9)12-3-2-10(13(15)17)6-11(12)14/h2-3,6,9H,4-5,7-8,14H2,1H3,(H2,15,17). The molecule has 5 heteroatoms. The molecule has 0 spiro atoms. The lowest BCUT2D eigenvalue weighted by atomic mass is 10.1. The maximum Gasteiger partial charge on any atom is 0.248 e. The van der Waals surface area contributed by atoms with Crippen molar-refractivity contribution in [3.63, 3.8) is 0 Å². The van der Waals surface area contributed by atoms with Gasteiger partial charge in [0.2, 0.25) is 5.91 Å². The lowest BCUT2D eigenvalue weighted by Gasteiger charge is -2.21. The van der Waals surface area contributed by atoms with E-state index < -0.39 is 5.91 Å². The molecule has 2 rings (SSSR count). The molecule has 1 aromatic carbocycles.